The molecule has 0 saturated heterocycles. The number of carbonyl (C=O) groups is 1. The maximum Gasteiger partial charge on any atom is 0.327 e. The summed E-state index contributed by atoms with van der Waals surface area (Å²) in [4.78, 5) is 11.2. The summed E-state index contributed by atoms with van der Waals surface area (Å²) in [7, 11) is -2.08. The monoisotopic (exact) mass is 306 g/mol. The van der Waals surface area contributed by atoms with E-state index in [1.807, 2.05) is 0 Å². The molecule has 0 bridgehead atoms. The second-order valence-electron chi connectivity index (χ2n) is 3.96. The number of esters is 1. The first-order chi connectivity index (χ1) is 8.73. The van der Waals surface area contributed by atoms with Crippen molar-refractivity contribution in [1.82, 2.24) is 0 Å². The minimum atomic E-state index is -3.38. The summed E-state index contributed by atoms with van der Waals surface area (Å²) in [6, 6.07) is 4.11. The van der Waals surface area contributed by atoms with Gasteiger partial charge in [-0.1, -0.05) is 11.6 Å². The summed E-state index contributed by atoms with van der Waals surface area (Å²) in [6.45, 7) is 1.64. The molecule has 19 heavy (non-hydrogen) atoms. The molecule has 0 amide bonds. The number of carbonyl (C=O) groups excluding carboxylic acids is 1. The Morgan fingerprint density at radius 2 is 2.05 bits per heavy atom. The number of methoxy groups -OCH3 is 1. The molecule has 1 aromatic carbocycles. The van der Waals surface area contributed by atoms with E-state index in [1.54, 1.807) is 13.0 Å². The van der Waals surface area contributed by atoms with Crippen molar-refractivity contribution in [3.63, 3.8) is 0 Å². The topological polar surface area (TPSA) is 84.5 Å². The third-order valence-electron chi connectivity index (χ3n) is 2.20. The van der Waals surface area contributed by atoms with Gasteiger partial charge in [-0.05, 0) is 25.1 Å². The molecule has 0 spiro atoms. The Bertz CT molecular complexity index is 574. The number of hydrogen-bond donors (Lipinski definition) is 2. The van der Waals surface area contributed by atoms with Crippen molar-refractivity contribution >= 4 is 39.0 Å². The first-order valence-electron chi connectivity index (χ1n) is 5.34. The van der Waals surface area contributed by atoms with Crippen LogP contribution in [0.5, 0.6) is 0 Å². The van der Waals surface area contributed by atoms with Gasteiger partial charge in [0, 0.05) is 5.69 Å². The zero-order valence-electron chi connectivity index (χ0n) is 10.7. The van der Waals surface area contributed by atoms with Crippen LogP contribution in [-0.4, -0.2) is 33.8 Å². The summed E-state index contributed by atoms with van der Waals surface area (Å²) in [5, 5.41) is 3.12. The number of benzene rings is 1. The molecule has 0 radical (unpaired) electrons. The van der Waals surface area contributed by atoms with E-state index in [-0.39, 0.29) is 10.7 Å². The molecule has 0 aromatic heterocycles. The van der Waals surface area contributed by atoms with Crippen molar-refractivity contribution in [3.8, 4) is 0 Å². The van der Waals surface area contributed by atoms with E-state index in [2.05, 4.69) is 14.8 Å². The van der Waals surface area contributed by atoms with Gasteiger partial charge in [0.1, 0.15) is 6.04 Å². The lowest BCUT2D eigenvalue weighted by Crippen LogP contribution is -2.27. The molecule has 0 aliphatic heterocycles. The standard InChI is InChI=1S/C11H15ClN2O4S/c1-7(11(15)18-2)13-8-4-5-10(9(12)6-8)14-19(3,16)17/h4-7,13-14H,1-3H3. The summed E-state index contributed by atoms with van der Waals surface area (Å²) >= 11 is 5.95. The van der Waals surface area contributed by atoms with Gasteiger partial charge in [-0.25, -0.2) is 13.2 Å². The van der Waals surface area contributed by atoms with E-state index >= 15 is 0 Å². The van der Waals surface area contributed by atoms with Crippen molar-refractivity contribution in [1.29, 1.82) is 0 Å². The molecular formula is C11H15ClN2O4S. The lowest BCUT2D eigenvalue weighted by molar-refractivity contribution is -0.141. The number of nitrogens with one attached hydrogen (secondary N) is 2. The van der Waals surface area contributed by atoms with Crippen LogP contribution >= 0.6 is 11.6 Å². The smallest absolute Gasteiger partial charge is 0.327 e. The Kier molecular flexibility index (Phi) is 5.02. The summed E-state index contributed by atoms with van der Waals surface area (Å²) < 4.78 is 29.1. The molecule has 106 valence electrons. The van der Waals surface area contributed by atoms with Crippen LogP contribution in [0.2, 0.25) is 5.02 Å². The van der Waals surface area contributed by atoms with E-state index < -0.39 is 22.0 Å². The fourth-order valence-electron chi connectivity index (χ4n) is 1.37. The van der Waals surface area contributed by atoms with Crippen molar-refractivity contribution in [3.05, 3.63) is 23.2 Å². The zero-order chi connectivity index (χ0) is 14.6. The minimum Gasteiger partial charge on any atom is -0.467 e. The highest BCUT2D eigenvalue weighted by atomic mass is 35.5. The number of hydrogen-bond acceptors (Lipinski definition) is 5. The lowest BCUT2D eigenvalue weighted by atomic mass is 10.2. The van der Waals surface area contributed by atoms with Gasteiger partial charge in [-0.2, -0.15) is 0 Å². The first kappa shape index (κ1) is 15.6. The van der Waals surface area contributed by atoms with Gasteiger partial charge in [0.05, 0.1) is 24.1 Å². The SMILES string of the molecule is COC(=O)C(C)Nc1ccc(NS(C)(=O)=O)c(Cl)c1. The normalized spacial score (nSPS) is 12.6. The quantitative estimate of drug-likeness (QED) is 0.809. The minimum absolute atomic E-state index is 0.229. The molecule has 0 saturated carbocycles. The maximum atomic E-state index is 11.2. The molecule has 1 aromatic rings. The van der Waals surface area contributed by atoms with Gasteiger partial charge in [0.25, 0.3) is 0 Å². The van der Waals surface area contributed by atoms with Crippen molar-refractivity contribution < 1.29 is 17.9 Å². The molecule has 1 unspecified atom stereocenters. The molecule has 2 N–H and O–H groups in total. The average molecular weight is 307 g/mol. The van der Waals surface area contributed by atoms with Gasteiger partial charge < -0.3 is 10.1 Å². The number of halogens is 1. The third kappa shape index (κ3) is 4.96. The fourth-order valence-corrected chi connectivity index (χ4v) is 2.23. The van der Waals surface area contributed by atoms with E-state index in [9.17, 15) is 13.2 Å². The van der Waals surface area contributed by atoms with Crippen molar-refractivity contribution in [2.45, 2.75) is 13.0 Å². The van der Waals surface area contributed by atoms with Crippen molar-refractivity contribution in [2.24, 2.45) is 0 Å². The molecular weight excluding hydrogens is 292 g/mol. The number of rotatable bonds is 5. The van der Waals surface area contributed by atoms with E-state index in [1.165, 1.54) is 19.2 Å². The number of anilines is 2. The van der Waals surface area contributed by atoms with Gasteiger partial charge in [-0.15, -0.1) is 0 Å². The van der Waals surface area contributed by atoms with Crippen LogP contribution in [0.1, 0.15) is 6.92 Å². The highest BCUT2D eigenvalue weighted by Gasteiger charge is 2.13. The highest BCUT2D eigenvalue weighted by Crippen LogP contribution is 2.26. The van der Waals surface area contributed by atoms with Crippen LogP contribution in [0.4, 0.5) is 11.4 Å². The molecule has 0 aliphatic rings. The largest absolute Gasteiger partial charge is 0.467 e. The molecule has 1 rings (SSSR count). The third-order valence-corrected chi connectivity index (χ3v) is 3.11. The number of sulfonamides is 1. The molecule has 0 fully saturated rings. The summed E-state index contributed by atoms with van der Waals surface area (Å²) in [5.41, 5.74) is 0.863. The summed E-state index contributed by atoms with van der Waals surface area (Å²) in [5.74, 6) is -0.408. The second-order valence-corrected chi connectivity index (χ2v) is 6.11. The van der Waals surface area contributed by atoms with Crippen LogP contribution in [0, 0.1) is 0 Å². The summed E-state index contributed by atoms with van der Waals surface area (Å²) in [6.07, 6.45) is 1.04. The molecule has 8 heteroatoms. The first-order valence-corrected chi connectivity index (χ1v) is 7.61. The Morgan fingerprint density at radius 1 is 1.42 bits per heavy atom. The Morgan fingerprint density at radius 3 is 2.53 bits per heavy atom. The van der Waals surface area contributed by atoms with Crippen molar-refractivity contribution in [2.75, 3.05) is 23.4 Å². The average Bonchev–Trinajstić information content (AvgIpc) is 2.30. The fraction of sp³-hybridized carbons (Fsp3) is 0.364. The number of ether oxygens (including phenoxy) is 1. The van der Waals surface area contributed by atoms with E-state index in [4.69, 9.17) is 11.6 Å². The van der Waals surface area contributed by atoms with Crippen LogP contribution in [-0.2, 0) is 19.6 Å². The predicted octanol–water partition coefficient (Wildman–Crippen LogP) is 1.68. The van der Waals surface area contributed by atoms with E-state index in [0.29, 0.717) is 5.69 Å². The molecule has 1 atom stereocenters. The Labute approximate surface area is 117 Å². The van der Waals surface area contributed by atoms with Gasteiger partial charge in [0.15, 0.2) is 0 Å². The molecule has 0 heterocycles. The maximum absolute atomic E-state index is 11.2. The van der Waals surface area contributed by atoms with Gasteiger partial charge in [-0.3, -0.25) is 4.72 Å². The van der Waals surface area contributed by atoms with Crippen LogP contribution in [0.15, 0.2) is 18.2 Å². The van der Waals surface area contributed by atoms with Crippen LogP contribution in [0.25, 0.3) is 0 Å². The van der Waals surface area contributed by atoms with Gasteiger partial charge >= 0.3 is 5.97 Å². The lowest BCUT2D eigenvalue weighted by Gasteiger charge is -2.14. The van der Waals surface area contributed by atoms with E-state index in [0.717, 1.165) is 6.26 Å². The van der Waals surface area contributed by atoms with Crippen LogP contribution < -0.4 is 10.0 Å². The van der Waals surface area contributed by atoms with Crippen LogP contribution in [0.3, 0.4) is 0 Å². The Balaban J connectivity index is 2.85. The molecule has 6 nitrogen and oxygen atoms in total. The zero-order valence-corrected chi connectivity index (χ0v) is 12.3. The Hall–Kier alpha value is -1.47. The van der Waals surface area contributed by atoms with Gasteiger partial charge in [0.2, 0.25) is 10.0 Å². The highest BCUT2D eigenvalue weighted by molar-refractivity contribution is 7.92. The second kappa shape index (κ2) is 6.12. The molecule has 0 aliphatic carbocycles. The predicted molar refractivity (Wildman–Crippen MR) is 75.0 cm³/mol.